The predicted molar refractivity (Wildman–Crippen MR) is 121 cm³/mol. The maximum absolute atomic E-state index is 12.5. The van der Waals surface area contributed by atoms with E-state index in [0.717, 1.165) is 5.56 Å². The van der Waals surface area contributed by atoms with E-state index in [1.54, 1.807) is 26.0 Å². The second-order valence-electron chi connectivity index (χ2n) is 6.98. The monoisotopic (exact) mass is 497 g/mol. The lowest BCUT2D eigenvalue weighted by atomic mass is 10.1. The summed E-state index contributed by atoms with van der Waals surface area (Å²) in [4.78, 5) is 24.1. The molecule has 0 aliphatic carbocycles. The van der Waals surface area contributed by atoms with Crippen molar-refractivity contribution in [3.8, 4) is 0 Å². The highest BCUT2D eigenvalue weighted by Crippen LogP contribution is 2.16. The zero-order valence-corrected chi connectivity index (χ0v) is 20.0. The number of rotatable bonds is 11. The van der Waals surface area contributed by atoms with E-state index in [2.05, 4.69) is 5.32 Å². The second-order valence-corrected chi connectivity index (χ2v) is 10.5. The Morgan fingerprint density at radius 3 is 1.97 bits per heavy atom. The van der Waals surface area contributed by atoms with Gasteiger partial charge in [-0.2, -0.15) is 4.31 Å². The molecule has 0 fully saturated rings. The standard InChI is InChI=1S/C21H27N3O7S2/c1-3-24(4-2)33(29,30)19-11-7-17(8-12-19)21(26)31-15-20(25)23-14-13-16-5-9-18(10-6-16)32(22,27)28/h5-12H,3-4,13-15H2,1-2H3,(H,23,25)(H2,22,27,28). The number of primary sulfonamides is 1. The van der Waals surface area contributed by atoms with Crippen molar-refractivity contribution in [2.24, 2.45) is 5.14 Å². The van der Waals surface area contributed by atoms with Gasteiger partial charge in [-0.3, -0.25) is 4.79 Å². The van der Waals surface area contributed by atoms with Gasteiger partial charge in [-0.05, 0) is 48.4 Å². The van der Waals surface area contributed by atoms with E-state index in [1.165, 1.54) is 40.7 Å². The third kappa shape index (κ3) is 7.35. The highest BCUT2D eigenvalue weighted by atomic mass is 32.2. The molecule has 0 aromatic heterocycles. The Kier molecular flexibility index (Phi) is 9.11. The maximum atomic E-state index is 12.5. The average Bonchev–Trinajstić information content (AvgIpc) is 2.78. The summed E-state index contributed by atoms with van der Waals surface area (Å²) in [5.41, 5.74) is 0.913. The normalized spacial score (nSPS) is 11.9. The molecule has 0 unspecified atom stereocenters. The molecule has 1 amide bonds. The lowest BCUT2D eigenvalue weighted by molar-refractivity contribution is -0.124. The van der Waals surface area contributed by atoms with E-state index in [-0.39, 0.29) is 21.9 Å². The lowest BCUT2D eigenvalue weighted by Gasteiger charge is -2.18. The van der Waals surface area contributed by atoms with E-state index in [1.807, 2.05) is 0 Å². The highest BCUT2D eigenvalue weighted by molar-refractivity contribution is 7.89. The molecule has 0 saturated carbocycles. The number of carbonyl (C=O) groups excluding carboxylic acids is 2. The Morgan fingerprint density at radius 2 is 1.45 bits per heavy atom. The Bertz CT molecular complexity index is 1170. The first kappa shape index (κ1) is 26.5. The predicted octanol–water partition coefficient (Wildman–Crippen LogP) is 0.880. The molecule has 0 spiro atoms. The molecule has 0 aliphatic rings. The van der Waals surface area contributed by atoms with Crippen LogP contribution in [-0.4, -0.2) is 59.3 Å². The second kappa shape index (κ2) is 11.4. The number of nitrogens with two attached hydrogens (primary N) is 1. The first-order chi connectivity index (χ1) is 15.5. The number of amides is 1. The van der Waals surface area contributed by atoms with Crippen LogP contribution in [0.3, 0.4) is 0 Å². The lowest BCUT2D eigenvalue weighted by Crippen LogP contribution is -2.31. The minimum atomic E-state index is -3.76. The van der Waals surface area contributed by atoms with Crippen LogP contribution < -0.4 is 10.5 Å². The maximum Gasteiger partial charge on any atom is 0.338 e. The average molecular weight is 498 g/mol. The SMILES string of the molecule is CCN(CC)S(=O)(=O)c1ccc(C(=O)OCC(=O)NCCc2ccc(S(N)(=O)=O)cc2)cc1. The van der Waals surface area contributed by atoms with Crippen molar-refractivity contribution in [1.82, 2.24) is 9.62 Å². The first-order valence-electron chi connectivity index (χ1n) is 10.1. The molecule has 33 heavy (non-hydrogen) atoms. The molecule has 2 rings (SSSR count). The Morgan fingerprint density at radius 1 is 0.909 bits per heavy atom. The number of esters is 1. The molecule has 2 aromatic rings. The van der Waals surface area contributed by atoms with Crippen LogP contribution in [0.15, 0.2) is 58.3 Å². The molecule has 10 nitrogen and oxygen atoms in total. The van der Waals surface area contributed by atoms with E-state index < -0.39 is 38.5 Å². The van der Waals surface area contributed by atoms with Crippen LogP contribution in [0.4, 0.5) is 0 Å². The molecule has 0 aliphatic heterocycles. The molecule has 3 N–H and O–H groups in total. The zero-order valence-electron chi connectivity index (χ0n) is 18.4. The third-order valence-electron chi connectivity index (χ3n) is 4.76. The summed E-state index contributed by atoms with van der Waals surface area (Å²) >= 11 is 0. The van der Waals surface area contributed by atoms with Crippen LogP contribution >= 0.6 is 0 Å². The van der Waals surface area contributed by atoms with Gasteiger partial charge in [0, 0.05) is 19.6 Å². The van der Waals surface area contributed by atoms with Crippen molar-refractivity contribution < 1.29 is 31.2 Å². The number of hydrogen-bond donors (Lipinski definition) is 2. The van der Waals surface area contributed by atoms with Gasteiger partial charge in [-0.25, -0.2) is 26.8 Å². The van der Waals surface area contributed by atoms with Crippen molar-refractivity contribution in [1.29, 1.82) is 0 Å². The number of ether oxygens (including phenoxy) is 1. The van der Waals surface area contributed by atoms with Gasteiger partial charge in [0.15, 0.2) is 6.61 Å². The van der Waals surface area contributed by atoms with Crippen molar-refractivity contribution in [2.75, 3.05) is 26.2 Å². The Hall–Kier alpha value is -2.80. The fraction of sp³-hybridized carbons (Fsp3) is 0.333. The van der Waals surface area contributed by atoms with Gasteiger partial charge in [0.25, 0.3) is 5.91 Å². The van der Waals surface area contributed by atoms with E-state index in [9.17, 15) is 26.4 Å². The van der Waals surface area contributed by atoms with Crippen molar-refractivity contribution in [2.45, 2.75) is 30.1 Å². The molecular weight excluding hydrogens is 470 g/mol. The molecule has 0 saturated heterocycles. The fourth-order valence-corrected chi connectivity index (χ4v) is 4.91. The van der Waals surface area contributed by atoms with E-state index in [4.69, 9.17) is 9.88 Å². The Labute approximate surface area is 193 Å². The smallest absolute Gasteiger partial charge is 0.338 e. The fourth-order valence-electron chi connectivity index (χ4n) is 2.93. The highest BCUT2D eigenvalue weighted by Gasteiger charge is 2.22. The molecule has 180 valence electrons. The summed E-state index contributed by atoms with van der Waals surface area (Å²) in [7, 11) is -7.39. The Balaban J connectivity index is 1.82. The van der Waals surface area contributed by atoms with Gasteiger partial charge in [0.1, 0.15) is 0 Å². The summed E-state index contributed by atoms with van der Waals surface area (Å²) in [6.45, 7) is 3.90. The van der Waals surface area contributed by atoms with Crippen LogP contribution in [0.25, 0.3) is 0 Å². The minimum Gasteiger partial charge on any atom is -0.452 e. The quantitative estimate of drug-likeness (QED) is 0.437. The topological polar surface area (TPSA) is 153 Å². The molecular formula is C21H27N3O7S2. The van der Waals surface area contributed by atoms with Gasteiger partial charge in [-0.15, -0.1) is 0 Å². The molecule has 0 bridgehead atoms. The number of sulfonamides is 2. The van der Waals surface area contributed by atoms with Gasteiger partial charge < -0.3 is 10.1 Å². The summed E-state index contributed by atoms with van der Waals surface area (Å²) in [6.07, 6.45) is 0.438. The van der Waals surface area contributed by atoms with Crippen molar-refractivity contribution >= 4 is 31.9 Å². The van der Waals surface area contributed by atoms with Crippen LogP contribution in [-0.2, 0) is 36.0 Å². The van der Waals surface area contributed by atoms with Crippen LogP contribution in [0.5, 0.6) is 0 Å². The summed E-state index contributed by atoms with van der Waals surface area (Å²) < 4.78 is 53.7. The summed E-state index contributed by atoms with van der Waals surface area (Å²) in [5.74, 6) is -1.26. The minimum absolute atomic E-state index is 0.000818. The largest absolute Gasteiger partial charge is 0.452 e. The zero-order chi connectivity index (χ0) is 24.6. The third-order valence-corrected chi connectivity index (χ3v) is 7.75. The molecule has 0 atom stereocenters. The van der Waals surface area contributed by atoms with Crippen LogP contribution in [0, 0.1) is 0 Å². The number of nitrogens with one attached hydrogen (secondary N) is 1. The van der Waals surface area contributed by atoms with Gasteiger partial charge >= 0.3 is 5.97 Å². The number of hydrogen-bond acceptors (Lipinski definition) is 7. The van der Waals surface area contributed by atoms with Crippen molar-refractivity contribution in [3.05, 3.63) is 59.7 Å². The van der Waals surface area contributed by atoms with Crippen LogP contribution in [0.1, 0.15) is 29.8 Å². The van der Waals surface area contributed by atoms with Gasteiger partial charge in [-0.1, -0.05) is 26.0 Å². The number of carbonyl (C=O) groups is 2. The van der Waals surface area contributed by atoms with Gasteiger partial charge in [0.05, 0.1) is 15.4 Å². The molecule has 0 heterocycles. The number of benzene rings is 2. The molecule has 0 radical (unpaired) electrons. The molecule has 12 heteroatoms. The molecule has 2 aromatic carbocycles. The van der Waals surface area contributed by atoms with Crippen LogP contribution in [0.2, 0.25) is 0 Å². The van der Waals surface area contributed by atoms with E-state index in [0.29, 0.717) is 19.5 Å². The first-order valence-corrected chi connectivity index (χ1v) is 13.1. The van der Waals surface area contributed by atoms with E-state index >= 15 is 0 Å². The van der Waals surface area contributed by atoms with Gasteiger partial charge in [0.2, 0.25) is 20.0 Å². The van der Waals surface area contributed by atoms with Crippen molar-refractivity contribution in [3.63, 3.8) is 0 Å². The summed E-state index contributed by atoms with van der Waals surface area (Å²) in [6, 6.07) is 11.3. The number of nitrogens with zero attached hydrogens (tertiary/aromatic N) is 1. The summed E-state index contributed by atoms with van der Waals surface area (Å²) in [5, 5.41) is 7.63.